The molecule has 4 unspecified atom stereocenters. The molecule has 0 aliphatic carbocycles. The van der Waals surface area contributed by atoms with E-state index in [4.69, 9.17) is 33.7 Å². The summed E-state index contributed by atoms with van der Waals surface area (Å²) in [4.78, 5) is 0. The Kier molecular flexibility index (Phi) is 3.52. The van der Waals surface area contributed by atoms with Gasteiger partial charge in [0, 0.05) is 12.0 Å². The zero-order valence-corrected chi connectivity index (χ0v) is 12.0. The van der Waals surface area contributed by atoms with Crippen molar-refractivity contribution in [2.24, 2.45) is 11.1 Å². The summed E-state index contributed by atoms with van der Waals surface area (Å²) >= 11 is 11.9. The Hall–Kier alpha value is -0.320. The van der Waals surface area contributed by atoms with Gasteiger partial charge in [-0.25, -0.2) is 0 Å². The van der Waals surface area contributed by atoms with Gasteiger partial charge in [0.15, 0.2) is 0 Å². The number of benzene rings is 1. The SMILES string of the molecule is NCC1(C(O)c2ccc(Cl)c(Cl)c2)CC2CCC1O2. The molecular formula is C14H17Cl2NO2. The van der Waals surface area contributed by atoms with Crippen molar-refractivity contribution in [2.75, 3.05) is 6.54 Å². The van der Waals surface area contributed by atoms with Gasteiger partial charge < -0.3 is 15.6 Å². The van der Waals surface area contributed by atoms with Gasteiger partial charge in [0.2, 0.25) is 0 Å². The van der Waals surface area contributed by atoms with Crippen molar-refractivity contribution >= 4 is 23.2 Å². The Morgan fingerprint density at radius 1 is 1.37 bits per heavy atom. The van der Waals surface area contributed by atoms with Gasteiger partial charge in [0.25, 0.3) is 0 Å². The van der Waals surface area contributed by atoms with Crippen LogP contribution >= 0.6 is 23.2 Å². The molecule has 0 spiro atoms. The van der Waals surface area contributed by atoms with E-state index in [2.05, 4.69) is 0 Å². The zero-order chi connectivity index (χ0) is 13.6. The van der Waals surface area contributed by atoms with Crippen LogP contribution in [0.15, 0.2) is 18.2 Å². The lowest BCUT2D eigenvalue weighted by atomic mass is 9.68. The lowest BCUT2D eigenvalue weighted by molar-refractivity contribution is -0.0263. The number of ether oxygens (including phenoxy) is 1. The van der Waals surface area contributed by atoms with Crippen LogP contribution in [-0.4, -0.2) is 23.9 Å². The third-order valence-electron chi connectivity index (χ3n) is 4.54. The Balaban J connectivity index is 1.93. The van der Waals surface area contributed by atoms with Crippen molar-refractivity contribution in [3.63, 3.8) is 0 Å². The van der Waals surface area contributed by atoms with Gasteiger partial charge in [-0.1, -0.05) is 29.3 Å². The molecule has 4 atom stereocenters. The molecule has 0 amide bonds. The molecule has 1 aromatic carbocycles. The quantitative estimate of drug-likeness (QED) is 0.902. The van der Waals surface area contributed by atoms with Gasteiger partial charge in [-0.2, -0.15) is 0 Å². The second-order valence-electron chi connectivity index (χ2n) is 5.54. The zero-order valence-electron chi connectivity index (χ0n) is 10.5. The molecule has 5 heteroatoms. The van der Waals surface area contributed by atoms with Crippen molar-refractivity contribution in [1.82, 2.24) is 0 Å². The van der Waals surface area contributed by atoms with Crippen molar-refractivity contribution in [1.29, 1.82) is 0 Å². The highest BCUT2D eigenvalue weighted by Crippen LogP contribution is 2.53. The van der Waals surface area contributed by atoms with E-state index in [9.17, 15) is 5.11 Å². The third-order valence-corrected chi connectivity index (χ3v) is 5.28. The largest absolute Gasteiger partial charge is 0.388 e. The molecule has 2 saturated heterocycles. The highest BCUT2D eigenvalue weighted by atomic mass is 35.5. The van der Waals surface area contributed by atoms with Gasteiger partial charge in [0.05, 0.1) is 28.4 Å². The van der Waals surface area contributed by atoms with Crippen LogP contribution in [0.2, 0.25) is 10.0 Å². The van der Waals surface area contributed by atoms with Crippen molar-refractivity contribution in [3.05, 3.63) is 33.8 Å². The molecule has 104 valence electrons. The minimum atomic E-state index is -0.664. The highest BCUT2D eigenvalue weighted by Gasteiger charge is 2.55. The molecule has 2 aliphatic rings. The molecule has 3 rings (SSSR count). The van der Waals surface area contributed by atoms with E-state index in [1.807, 2.05) is 6.07 Å². The summed E-state index contributed by atoms with van der Waals surface area (Å²) in [6.07, 6.45) is 2.48. The summed E-state index contributed by atoms with van der Waals surface area (Å²) in [6, 6.07) is 5.24. The molecule has 3 nitrogen and oxygen atoms in total. The second-order valence-corrected chi connectivity index (χ2v) is 6.36. The van der Waals surface area contributed by atoms with E-state index in [0.29, 0.717) is 16.6 Å². The average Bonchev–Trinajstić information content (AvgIpc) is 3.02. The summed E-state index contributed by atoms with van der Waals surface area (Å²) in [7, 11) is 0. The maximum atomic E-state index is 10.7. The van der Waals surface area contributed by atoms with E-state index in [0.717, 1.165) is 24.8 Å². The van der Waals surface area contributed by atoms with Crippen LogP contribution in [0.5, 0.6) is 0 Å². The Labute approximate surface area is 122 Å². The maximum absolute atomic E-state index is 10.7. The standard InChI is InChI=1S/C14H17Cl2NO2/c15-10-3-1-8(5-11(10)16)13(18)14(7-17)6-9-2-4-12(14)19-9/h1,3,5,9,12-13,18H,2,4,6-7,17H2. The first-order chi connectivity index (χ1) is 9.06. The first kappa shape index (κ1) is 13.7. The van der Waals surface area contributed by atoms with E-state index < -0.39 is 6.10 Å². The molecule has 1 aromatic rings. The number of hydrogen-bond donors (Lipinski definition) is 2. The van der Waals surface area contributed by atoms with Gasteiger partial charge in [-0.3, -0.25) is 0 Å². The van der Waals surface area contributed by atoms with Gasteiger partial charge >= 0.3 is 0 Å². The van der Waals surface area contributed by atoms with E-state index >= 15 is 0 Å². The molecule has 2 bridgehead atoms. The van der Waals surface area contributed by atoms with Crippen molar-refractivity contribution in [3.8, 4) is 0 Å². The number of nitrogens with two attached hydrogens (primary N) is 1. The van der Waals surface area contributed by atoms with Gasteiger partial charge in [0.1, 0.15) is 0 Å². The van der Waals surface area contributed by atoms with Crippen LogP contribution < -0.4 is 5.73 Å². The van der Waals surface area contributed by atoms with E-state index in [1.165, 1.54) is 0 Å². The van der Waals surface area contributed by atoms with Gasteiger partial charge in [-0.15, -0.1) is 0 Å². The molecule has 2 heterocycles. The molecule has 19 heavy (non-hydrogen) atoms. The lowest BCUT2D eigenvalue weighted by Crippen LogP contribution is -2.44. The first-order valence-electron chi connectivity index (χ1n) is 6.55. The summed E-state index contributed by atoms with van der Waals surface area (Å²) in [5.74, 6) is 0. The topological polar surface area (TPSA) is 55.5 Å². The summed E-state index contributed by atoms with van der Waals surface area (Å²) in [5.41, 5.74) is 6.33. The summed E-state index contributed by atoms with van der Waals surface area (Å²) < 4.78 is 5.88. The molecule has 2 fully saturated rings. The Morgan fingerprint density at radius 2 is 2.16 bits per heavy atom. The maximum Gasteiger partial charge on any atom is 0.0884 e. The molecule has 0 radical (unpaired) electrons. The van der Waals surface area contributed by atoms with E-state index in [1.54, 1.807) is 12.1 Å². The van der Waals surface area contributed by atoms with E-state index in [-0.39, 0.29) is 17.6 Å². The number of hydrogen-bond acceptors (Lipinski definition) is 3. The number of fused-ring (bicyclic) bond motifs is 2. The predicted molar refractivity (Wildman–Crippen MR) is 75.4 cm³/mol. The minimum Gasteiger partial charge on any atom is -0.388 e. The van der Waals surface area contributed by atoms with Crippen molar-refractivity contribution < 1.29 is 9.84 Å². The fraction of sp³-hybridized carbons (Fsp3) is 0.571. The minimum absolute atomic E-state index is 0.0481. The number of halogens is 2. The Bertz CT molecular complexity index is 496. The molecule has 3 N–H and O–H groups in total. The van der Waals surface area contributed by atoms with Crippen LogP contribution in [0.4, 0.5) is 0 Å². The monoisotopic (exact) mass is 301 g/mol. The summed E-state index contributed by atoms with van der Waals surface area (Å²) in [6.45, 7) is 0.412. The molecule has 2 aliphatic heterocycles. The summed E-state index contributed by atoms with van der Waals surface area (Å²) in [5, 5.41) is 11.7. The number of aliphatic hydroxyl groups excluding tert-OH is 1. The van der Waals surface area contributed by atoms with Crippen LogP contribution in [0.25, 0.3) is 0 Å². The average molecular weight is 302 g/mol. The van der Waals surface area contributed by atoms with Gasteiger partial charge in [-0.05, 0) is 37.0 Å². The van der Waals surface area contributed by atoms with Crippen LogP contribution in [-0.2, 0) is 4.74 Å². The Morgan fingerprint density at radius 3 is 2.68 bits per heavy atom. The fourth-order valence-corrected chi connectivity index (χ4v) is 3.77. The lowest BCUT2D eigenvalue weighted by Gasteiger charge is -2.38. The molecule has 0 saturated carbocycles. The van der Waals surface area contributed by atoms with Crippen molar-refractivity contribution in [2.45, 2.75) is 37.6 Å². The molecule has 0 aromatic heterocycles. The van der Waals surface area contributed by atoms with Crippen LogP contribution in [0.1, 0.15) is 30.9 Å². The normalized spacial score (nSPS) is 34.7. The number of aliphatic hydroxyl groups is 1. The fourth-order valence-electron chi connectivity index (χ4n) is 3.46. The second kappa shape index (κ2) is 4.90. The smallest absolute Gasteiger partial charge is 0.0884 e. The molecular weight excluding hydrogens is 285 g/mol. The highest BCUT2D eigenvalue weighted by molar-refractivity contribution is 6.42. The third kappa shape index (κ3) is 2.08. The predicted octanol–water partition coefficient (Wildman–Crippen LogP) is 2.92. The van der Waals surface area contributed by atoms with Crippen LogP contribution in [0, 0.1) is 5.41 Å². The first-order valence-corrected chi connectivity index (χ1v) is 7.31. The van der Waals surface area contributed by atoms with Crippen LogP contribution in [0.3, 0.4) is 0 Å². The number of rotatable bonds is 3.